The fraction of sp³-hybridized carbons (Fsp3) is 0.455. The van der Waals surface area contributed by atoms with E-state index in [1.54, 1.807) is 6.07 Å². The van der Waals surface area contributed by atoms with Gasteiger partial charge in [0.1, 0.15) is 15.7 Å². The fourth-order valence-corrected chi connectivity index (χ4v) is 5.79. The lowest BCUT2D eigenvalue weighted by Gasteiger charge is -2.44. The molecule has 0 spiro atoms. The molecule has 0 saturated carbocycles. The summed E-state index contributed by atoms with van der Waals surface area (Å²) in [6, 6.07) is 10.0. The van der Waals surface area contributed by atoms with Gasteiger partial charge in [0, 0.05) is 31.2 Å². The topological polar surface area (TPSA) is 70.6 Å². The van der Waals surface area contributed by atoms with Crippen LogP contribution in [0.4, 0.5) is 10.1 Å². The molecule has 1 aromatic carbocycles. The van der Waals surface area contributed by atoms with E-state index in [-0.39, 0.29) is 35.2 Å². The minimum absolute atomic E-state index is 0.0270. The van der Waals surface area contributed by atoms with E-state index in [0.717, 1.165) is 16.9 Å². The van der Waals surface area contributed by atoms with Gasteiger partial charge in [0.25, 0.3) is 0 Å². The first-order valence-corrected chi connectivity index (χ1v) is 12.1. The van der Waals surface area contributed by atoms with Crippen LogP contribution in [0.2, 0.25) is 0 Å². The highest BCUT2D eigenvalue weighted by molar-refractivity contribution is 7.91. The first-order chi connectivity index (χ1) is 14.3. The molecule has 0 bridgehead atoms. The smallest absolute Gasteiger partial charge is 0.226 e. The first kappa shape index (κ1) is 20.8. The van der Waals surface area contributed by atoms with Crippen molar-refractivity contribution < 1.29 is 17.6 Å². The third-order valence-corrected chi connectivity index (χ3v) is 7.78. The summed E-state index contributed by atoms with van der Waals surface area (Å²) >= 11 is 0. The van der Waals surface area contributed by atoms with Gasteiger partial charge in [-0.1, -0.05) is 12.1 Å². The highest BCUT2D eigenvalue weighted by Gasteiger charge is 2.37. The van der Waals surface area contributed by atoms with Gasteiger partial charge in [-0.05, 0) is 49.6 Å². The van der Waals surface area contributed by atoms with Gasteiger partial charge in [-0.2, -0.15) is 0 Å². The number of piperazine rings is 1. The van der Waals surface area contributed by atoms with Crippen molar-refractivity contribution in [3.63, 3.8) is 0 Å². The van der Waals surface area contributed by atoms with Crippen LogP contribution in [0.25, 0.3) is 0 Å². The monoisotopic (exact) mass is 431 g/mol. The van der Waals surface area contributed by atoms with Crippen LogP contribution in [0.5, 0.6) is 0 Å². The molecule has 4 rings (SSSR count). The SMILES string of the molecule is Cc1ccc(N2CCN(C(=O)C3CCS(=O)(=O)CC3)C(c3cccc(F)c3)C2)cn1. The summed E-state index contributed by atoms with van der Waals surface area (Å²) in [5.41, 5.74) is 2.65. The summed E-state index contributed by atoms with van der Waals surface area (Å²) in [4.78, 5) is 21.7. The third kappa shape index (κ3) is 4.48. The van der Waals surface area contributed by atoms with E-state index in [0.29, 0.717) is 32.5 Å². The van der Waals surface area contributed by atoms with Gasteiger partial charge in [-0.25, -0.2) is 12.8 Å². The Labute approximate surface area is 176 Å². The maximum atomic E-state index is 14.0. The van der Waals surface area contributed by atoms with Gasteiger partial charge in [0.2, 0.25) is 5.91 Å². The van der Waals surface area contributed by atoms with Crippen molar-refractivity contribution in [2.24, 2.45) is 5.92 Å². The Morgan fingerprint density at radius 2 is 1.90 bits per heavy atom. The number of anilines is 1. The van der Waals surface area contributed by atoms with Gasteiger partial charge in [-0.15, -0.1) is 0 Å². The summed E-state index contributed by atoms with van der Waals surface area (Å²) < 4.78 is 37.5. The molecule has 30 heavy (non-hydrogen) atoms. The first-order valence-electron chi connectivity index (χ1n) is 10.3. The van der Waals surface area contributed by atoms with Gasteiger partial charge in [-0.3, -0.25) is 9.78 Å². The average molecular weight is 432 g/mol. The van der Waals surface area contributed by atoms with Crippen LogP contribution in [0, 0.1) is 18.7 Å². The van der Waals surface area contributed by atoms with E-state index in [1.807, 2.05) is 36.2 Å². The zero-order valence-corrected chi connectivity index (χ0v) is 17.8. The molecular formula is C22H26FN3O3S. The highest BCUT2D eigenvalue weighted by atomic mass is 32.2. The number of halogens is 1. The van der Waals surface area contributed by atoms with Crippen molar-refractivity contribution in [2.45, 2.75) is 25.8 Å². The van der Waals surface area contributed by atoms with Crippen LogP contribution < -0.4 is 4.90 Å². The lowest BCUT2D eigenvalue weighted by Crippen LogP contribution is -2.53. The summed E-state index contributed by atoms with van der Waals surface area (Å²) in [7, 11) is -3.04. The van der Waals surface area contributed by atoms with Crippen LogP contribution in [0.15, 0.2) is 42.6 Å². The number of nitrogens with zero attached hydrogens (tertiary/aromatic N) is 3. The molecule has 1 aromatic heterocycles. The molecule has 1 unspecified atom stereocenters. The Morgan fingerprint density at radius 1 is 1.13 bits per heavy atom. The van der Waals surface area contributed by atoms with Crippen LogP contribution in [-0.2, 0) is 14.6 Å². The van der Waals surface area contributed by atoms with Gasteiger partial charge in [0.15, 0.2) is 0 Å². The molecule has 0 aliphatic carbocycles. The summed E-state index contributed by atoms with van der Waals surface area (Å²) in [5, 5.41) is 0. The Bertz CT molecular complexity index is 1010. The van der Waals surface area contributed by atoms with E-state index in [2.05, 4.69) is 9.88 Å². The lowest BCUT2D eigenvalue weighted by atomic mass is 9.96. The van der Waals surface area contributed by atoms with Crippen LogP contribution >= 0.6 is 0 Å². The van der Waals surface area contributed by atoms with Gasteiger partial charge in [0.05, 0.1) is 29.4 Å². The molecule has 2 saturated heterocycles. The zero-order chi connectivity index (χ0) is 21.3. The minimum Gasteiger partial charge on any atom is -0.366 e. The summed E-state index contributed by atoms with van der Waals surface area (Å²) in [6.07, 6.45) is 2.54. The van der Waals surface area contributed by atoms with E-state index in [4.69, 9.17) is 0 Å². The second kappa shape index (κ2) is 8.34. The van der Waals surface area contributed by atoms with Crippen molar-refractivity contribution in [3.05, 3.63) is 59.7 Å². The number of hydrogen-bond acceptors (Lipinski definition) is 5. The summed E-state index contributed by atoms with van der Waals surface area (Å²) in [5.74, 6) is -0.540. The number of benzene rings is 1. The lowest BCUT2D eigenvalue weighted by molar-refractivity contribution is -0.138. The van der Waals surface area contributed by atoms with Crippen molar-refractivity contribution in [1.29, 1.82) is 0 Å². The van der Waals surface area contributed by atoms with E-state index < -0.39 is 9.84 Å². The average Bonchev–Trinajstić information content (AvgIpc) is 2.73. The quantitative estimate of drug-likeness (QED) is 0.747. The number of hydrogen-bond donors (Lipinski definition) is 0. The minimum atomic E-state index is -3.04. The molecule has 0 radical (unpaired) electrons. The molecule has 160 valence electrons. The Hall–Kier alpha value is -2.48. The molecule has 2 aliphatic heterocycles. The number of aromatic nitrogens is 1. The second-order valence-electron chi connectivity index (χ2n) is 8.13. The number of amides is 1. The number of carbonyl (C=O) groups excluding carboxylic acids is 1. The molecular weight excluding hydrogens is 405 g/mol. The maximum absolute atomic E-state index is 14.0. The van der Waals surface area contributed by atoms with Crippen LogP contribution in [0.3, 0.4) is 0 Å². The number of pyridine rings is 1. The maximum Gasteiger partial charge on any atom is 0.226 e. The fourth-order valence-electron chi connectivity index (χ4n) is 4.30. The largest absolute Gasteiger partial charge is 0.366 e. The predicted molar refractivity (Wildman–Crippen MR) is 113 cm³/mol. The molecule has 0 N–H and O–H groups in total. The van der Waals surface area contributed by atoms with E-state index in [9.17, 15) is 17.6 Å². The molecule has 6 nitrogen and oxygen atoms in total. The van der Waals surface area contributed by atoms with Crippen molar-refractivity contribution >= 4 is 21.4 Å². The van der Waals surface area contributed by atoms with E-state index >= 15 is 0 Å². The van der Waals surface area contributed by atoms with Gasteiger partial charge < -0.3 is 9.80 Å². The predicted octanol–water partition coefficient (Wildman–Crippen LogP) is 2.74. The van der Waals surface area contributed by atoms with Crippen molar-refractivity contribution in [1.82, 2.24) is 9.88 Å². The Balaban J connectivity index is 1.59. The van der Waals surface area contributed by atoms with Crippen molar-refractivity contribution in [3.8, 4) is 0 Å². The molecule has 1 atom stereocenters. The molecule has 1 amide bonds. The Kier molecular flexibility index (Phi) is 5.77. The normalized spacial score (nSPS) is 22.1. The molecule has 2 aromatic rings. The van der Waals surface area contributed by atoms with Crippen LogP contribution in [-0.4, -0.2) is 55.3 Å². The molecule has 2 aliphatic rings. The molecule has 2 fully saturated rings. The Morgan fingerprint density at radius 3 is 2.57 bits per heavy atom. The second-order valence-corrected chi connectivity index (χ2v) is 10.4. The molecule has 8 heteroatoms. The number of carbonyl (C=O) groups is 1. The zero-order valence-electron chi connectivity index (χ0n) is 17.0. The van der Waals surface area contributed by atoms with E-state index in [1.165, 1.54) is 12.1 Å². The molecule has 3 heterocycles. The van der Waals surface area contributed by atoms with Gasteiger partial charge >= 0.3 is 0 Å². The number of rotatable bonds is 3. The van der Waals surface area contributed by atoms with Crippen LogP contribution in [0.1, 0.15) is 30.1 Å². The standard InChI is InChI=1S/C22H26FN3O3S/c1-16-5-6-20(14-24-16)25-9-10-26(21(15-25)18-3-2-4-19(23)13-18)22(27)17-7-11-30(28,29)12-8-17/h2-6,13-14,17,21H,7-12,15H2,1H3. The number of sulfone groups is 1. The summed E-state index contributed by atoms with van der Waals surface area (Å²) in [6.45, 7) is 3.61. The third-order valence-electron chi connectivity index (χ3n) is 6.06. The number of aryl methyl sites for hydroxylation is 1. The van der Waals surface area contributed by atoms with Crippen molar-refractivity contribution in [2.75, 3.05) is 36.0 Å². The highest BCUT2D eigenvalue weighted by Crippen LogP contribution is 2.32.